The highest BCUT2D eigenvalue weighted by atomic mass is 127. The van der Waals surface area contributed by atoms with Crippen molar-refractivity contribution >= 4 is 176 Å². The van der Waals surface area contributed by atoms with Gasteiger partial charge in [0.1, 0.15) is 6.61 Å². The number of nitrogens with zero attached hydrogens (tertiary/aromatic N) is 2. The third-order valence-corrected chi connectivity index (χ3v) is 15.0. The Balaban J connectivity index is 3.10. The first-order chi connectivity index (χ1) is 30.3. The molecule has 2 rings (SSSR count). The number of anilines is 1. The number of ether oxygens (including phenoxy) is 1. The number of nitrogens with one attached hydrogen (secondary N) is 4. The topological polar surface area (TPSA) is 348 Å². The quantitative estimate of drug-likeness (QED) is 0.0195. The summed E-state index contributed by atoms with van der Waals surface area (Å²) < 4.78 is 5.13. The van der Waals surface area contributed by atoms with Crippen LogP contribution in [0.1, 0.15) is 51.8 Å². The van der Waals surface area contributed by atoms with Crippen LogP contribution in [0.15, 0.2) is 0 Å². The Morgan fingerprint density at radius 1 is 0.609 bits per heavy atom. The number of hydrazine groups is 1. The van der Waals surface area contributed by atoms with Gasteiger partial charge in [-0.25, -0.2) is 5.43 Å². The van der Waals surface area contributed by atoms with Gasteiger partial charge in [0, 0.05) is 65.2 Å². The second kappa shape index (κ2) is 29.6. The number of ketones is 2. The minimum Gasteiger partial charge on any atom is -0.395 e. The highest BCUT2D eigenvalue weighted by Gasteiger charge is 2.40. The van der Waals surface area contributed by atoms with E-state index in [4.69, 9.17) is 4.74 Å². The van der Waals surface area contributed by atoms with Gasteiger partial charge in [0.25, 0.3) is 23.6 Å². The maximum Gasteiger partial charge on any atom is 0.270 e. The lowest BCUT2D eigenvalue weighted by atomic mass is 9.95. The van der Waals surface area contributed by atoms with Gasteiger partial charge in [-0.15, -0.1) is 0 Å². The van der Waals surface area contributed by atoms with Crippen LogP contribution < -0.4 is 26.3 Å². The lowest BCUT2D eigenvalue weighted by molar-refractivity contribution is -0.119. The number of methoxy groups -OCH3 is 1. The SMILES string of the molecule is COCC(=O)c1c(I)c(C(=O)C(NCCO)C(=O)N(CCO)c2c(I)c(C(=O)NCC(O)CO)c(I)c(C(=O)NCC(O)CO)c2I)c(I)c(C(=O)N(CC(O)CO)NCCO)c1I. The number of rotatable bonds is 27. The molecule has 0 fully saturated rings. The van der Waals surface area contributed by atoms with Gasteiger partial charge in [-0.1, -0.05) is 0 Å². The van der Waals surface area contributed by atoms with Crippen molar-refractivity contribution in [3.05, 3.63) is 49.2 Å². The van der Waals surface area contributed by atoms with Crippen LogP contribution in [-0.2, 0) is 9.53 Å². The number of halogens is 6. The largest absolute Gasteiger partial charge is 0.395 e. The summed E-state index contributed by atoms with van der Waals surface area (Å²) >= 11 is 10.3. The number of aliphatic hydroxyl groups is 9. The molecule has 358 valence electrons. The molecule has 0 aliphatic carbocycles. The Hall–Kier alpha value is -0.440. The second-order valence-corrected chi connectivity index (χ2v) is 19.6. The molecule has 4 amide bonds. The molecule has 28 heteroatoms. The van der Waals surface area contributed by atoms with E-state index in [9.17, 15) is 65.1 Å². The molecule has 22 nitrogen and oxygen atoms in total. The predicted molar refractivity (Wildman–Crippen MR) is 278 cm³/mol. The monoisotopic (exact) mass is 1580 g/mol. The first-order valence-corrected chi connectivity index (χ1v) is 25.1. The van der Waals surface area contributed by atoms with Crippen LogP contribution in [0.2, 0.25) is 0 Å². The maximum atomic E-state index is 15.1. The lowest BCUT2D eigenvalue weighted by Gasteiger charge is -2.31. The third kappa shape index (κ3) is 15.3. The molecule has 0 aliphatic rings. The van der Waals surface area contributed by atoms with E-state index >= 15 is 9.59 Å². The molecule has 2 aromatic carbocycles. The standard InChI is InChI=1S/C36H46I6N6O16/c1-64-14-18(58)19-24(37)20(26(39)23(25(19)38)35(62)48(46-3-6-50)10-17(57)13-54)32(59)30(43-2-5-49)36(63)47(4-7-51)31-28(41)21(33(60)44-8-15(55)11-52)27(40)22(29(31)42)34(61)45-9-16(56)12-53/h15-17,30,43,46,49-57H,2-14H2,1H3,(H,44,60)(H,45,61). The molecule has 2 aromatic rings. The van der Waals surface area contributed by atoms with Gasteiger partial charge in [-0.3, -0.25) is 39.1 Å². The number of carbonyl (C=O) groups excluding carboxylic acids is 6. The van der Waals surface area contributed by atoms with Crippen molar-refractivity contribution in [1.29, 1.82) is 0 Å². The fourth-order valence-electron chi connectivity index (χ4n) is 5.57. The van der Waals surface area contributed by atoms with Crippen LogP contribution in [0.4, 0.5) is 5.69 Å². The summed E-state index contributed by atoms with van der Waals surface area (Å²) in [5.74, 6) is -5.46. The van der Waals surface area contributed by atoms with Gasteiger partial charge in [0.15, 0.2) is 17.6 Å². The molecule has 0 saturated heterocycles. The summed E-state index contributed by atoms with van der Waals surface area (Å²) in [6.07, 6.45) is -4.21. The molecule has 0 radical (unpaired) electrons. The Morgan fingerprint density at radius 2 is 1.08 bits per heavy atom. The first kappa shape index (κ1) is 59.7. The second-order valence-electron chi connectivity index (χ2n) is 13.1. The minimum absolute atomic E-state index is 0.0101. The highest BCUT2D eigenvalue weighted by Crippen LogP contribution is 2.39. The molecule has 0 aromatic heterocycles. The van der Waals surface area contributed by atoms with Gasteiger partial charge in [0.05, 0.1) is 94.0 Å². The molecule has 0 spiro atoms. The molecule has 0 heterocycles. The van der Waals surface area contributed by atoms with Gasteiger partial charge in [-0.05, 0) is 136 Å². The lowest BCUT2D eigenvalue weighted by Crippen LogP contribution is -2.53. The summed E-state index contributed by atoms with van der Waals surface area (Å²) in [4.78, 5) is 86.8. The molecule has 0 bridgehead atoms. The molecule has 64 heavy (non-hydrogen) atoms. The first-order valence-electron chi connectivity index (χ1n) is 18.6. The van der Waals surface area contributed by atoms with Gasteiger partial charge in [0.2, 0.25) is 0 Å². The molecular weight excluding hydrogens is 1530 g/mol. The third-order valence-electron chi connectivity index (χ3n) is 8.59. The van der Waals surface area contributed by atoms with Gasteiger partial charge < -0.3 is 66.2 Å². The molecule has 13 N–H and O–H groups in total. The van der Waals surface area contributed by atoms with Gasteiger partial charge in [-0.2, -0.15) is 0 Å². The fourth-order valence-corrected chi connectivity index (χ4v) is 15.1. The number of hydrogen-bond acceptors (Lipinski definition) is 18. The number of aliphatic hydroxyl groups excluding tert-OH is 9. The number of carbonyl (C=O) groups is 6. The van der Waals surface area contributed by atoms with Crippen LogP contribution in [0.5, 0.6) is 0 Å². The van der Waals surface area contributed by atoms with Crippen LogP contribution in [0.3, 0.4) is 0 Å². The average Bonchev–Trinajstić information content (AvgIpc) is 3.25. The van der Waals surface area contributed by atoms with E-state index in [0.717, 1.165) is 9.91 Å². The summed E-state index contributed by atoms with van der Waals surface area (Å²) in [6, 6.07) is -1.98. The van der Waals surface area contributed by atoms with Crippen LogP contribution in [0, 0.1) is 21.4 Å². The average molecular weight is 1580 g/mol. The fraction of sp³-hybridized carbons (Fsp3) is 0.500. The zero-order valence-electron chi connectivity index (χ0n) is 33.5. The van der Waals surface area contributed by atoms with Crippen molar-refractivity contribution in [2.24, 2.45) is 0 Å². The van der Waals surface area contributed by atoms with Crippen molar-refractivity contribution in [3.63, 3.8) is 0 Å². The summed E-state index contributed by atoms with van der Waals surface area (Å²) in [5, 5.41) is 96.8. The van der Waals surface area contributed by atoms with Crippen LogP contribution in [0.25, 0.3) is 0 Å². The zero-order valence-corrected chi connectivity index (χ0v) is 46.5. The molecular formula is C36H46I6N6O16. The normalized spacial score (nSPS) is 13.2. The van der Waals surface area contributed by atoms with E-state index in [1.165, 1.54) is 7.11 Å². The Labute approximate surface area is 448 Å². The summed E-state index contributed by atoms with van der Waals surface area (Å²) in [7, 11) is 1.25. The summed E-state index contributed by atoms with van der Waals surface area (Å²) in [6.45, 7) is -6.99. The van der Waals surface area contributed by atoms with Crippen molar-refractivity contribution < 1.29 is 79.5 Å². The smallest absolute Gasteiger partial charge is 0.270 e. The maximum absolute atomic E-state index is 15.1. The minimum atomic E-state index is -1.98. The van der Waals surface area contributed by atoms with E-state index in [1.54, 1.807) is 136 Å². The van der Waals surface area contributed by atoms with E-state index in [2.05, 4.69) is 21.4 Å². The van der Waals surface area contributed by atoms with Crippen molar-refractivity contribution in [2.45, 2.75) is 24.4 Å². The molecule has 0 saturated carbocycles. The number of amides is 4. The Morgan fingerprint density at radius 3 is 1.53 bits per heavy atom. The zero-order chi connectivity index (χ0) is 48.6. The van der Waals surface area contributed by atoms with E-state index in [0.29, 0.717) is 0 Å². The molecule has 0 aliphatic heterocycles. The predicted octanol–water partition coefficient (Wildman–Crippen LogP) is -2.24. The van der Waals surface area contributed by atoms with Gasteiger partial charge >= 0.3 is 0 Å². The number of hydrogen-bond donors (Lipinski definition) is 13. The van der Waals surface area contributed by atoms with Crippen LogP contribution in [-0.4, -0.2) is 203 Å². The molecule has 4 unspecified atom stereocenters. The van der Waals surface area contributed by atoms with E-state index in [1.807, 2.05) is 0 Å². The Kier molecular flexibility index (Phi) is 27.6. The highest BCUT2D eigenvalue weighted by molar-refractivity contribution is 14.1. The number of Topliss-reactive ketones (excluding diaryl/α,β-unsaturated/α-hetero) is 2. The number of benzene rings is 2. The van der Waals surface area contributed by atoms with Crippen molar-refractivity contribution in [3.8, 4) is 0 Å². The summed E-state index contributed by atoms with van der Waals surface area (Å²) in [5.41, 5.74) is 1.37. The van der Waals surface area contributed by atoms with Crippen molar-refractivity contribution in [2.75, 3.05) is 97.5 Å². The van der Waals surface area contributed by atoms with Crippen molar-refractivity contribution in [1.82, 2.24) is 26.4 Å². The molecule has 4 atom stereocenters. The Bertz CT molecular complexity index is 1970. The van der Waals surface area contributed by atoms with E-state index in [-0.39, 0.29) is 68.0 Å². The van der Waals surface area contributed by atoms with E-state index < -0.39 is 132 Å². The van der Waals surface area contributed by atoms with Crippen LogP contribution >= 0.6 is 136 Å².